The minimum atomic E-state index is 1.05. The van der Waals surface area contributed by atoms with Gasteiger partial charge in [0, 0.05) is 19.3 Å². The van der Waals surface area contributed by atoms with E-state index >= 15 is 0 Å². The topological polar surface area (TPSA) is 16.1 Å². The Bertz CT molecular complexity index is 254. The van der Waals surface area contributed by atoms with Crippen LogP contribution in [-0.2, 0) is 6.42 Å². The largest absolute Gasteiger partial charge is 0.371 e. The van der Waals surface area contributed by atoms with E-state index in [1.807, 2.05) is 12.4 Å². The standard InChI is InChI=1S/C11H18N2/c1-4-10-7-11(9-12-8-10)13(5-2)6-3/h7-9H,4-6H2,1-3H3. The molecular weight excluding hydrogens is 160 g/mol. The van der Waals surface area contributed by atoms with Gasteiger partial charge in [0.05, 0.1) is 11.9 Å². The summed E-state index contributed by atoms with van der Waals surface area (Å²) < 4.78 is 0. The summed E-state index contributed by atoms with van der Waals surface area (Å²) in [5.41, 5.74) is 2.55. The van der Waals surface area contributed by atoms with Gasteiger partial charge >= 0.3 is 0 Å². The van der Waals surface area contributed by atoms with E-state index < -0.39 is 0 Å². The first-order valence-electron chi connectivity index (χ1n) is 5.00. The van der Waals surface area contributed by atoms with Gasteiger partial charge in [0.15, 0.2) is 0 Å². The van der Waals surface area contributed by atoms with Crippen molar-refractivity contribution in [2.24, 2.45) is 0 Å². The number of hydrogen-bond donors (Lipinski definition) is 0. The summed E-state index contributed by atoms with van der Waals surface area (Å²) in [5.74, 6) is 0. The second-order valence-electron chi connectivity index (χ2n) is 3.08. The number of pyridine rings is 1. The molecule has 0 aliphatic rings. The summed E-state index contributed by atoms with van der Waals surface area (Å²) in [4.78, 5) is 6.54. The minimum absolute atomic E-state index is 1.05. The van der Waals surface area contributed by atoms with Crippen LogP contribution in [0, 0.1) is 0 Å². The average Bonchev–Trinajstić information content (AvgIpc) is 2.20. The van der Waals surface area contributed by atoms with Crippen molar-refractivity contribution in [1.29, 1.82) is 0 Å². The van der Waals surface area contributed by atoms with Crippen LogP contribution >= 0.6 is 0 Å². The van der Waals surface area contributed by atoms with Crippen molar-refractivity contribution >= 4 is 5.69 Å². The van der Waals surface area contributed by atoms with Gasteiger partial charge in [-0.15, -0.1) is 0 Å². The van der Waals surface area contributed by atoms with Gasteiger partial charge in [0.1, 0.15) is 0 Å². The fourth-order valence-corrected chi connectivity index (χ4v) is 1.43. The predicted octanol–water partition coefficient (Wildman–Crippen LogP) is 2.49. The van der Waals surface area contributed by atoms with Gasteiger partial charge in [-0.25, -0.2) is 0 Å². The summed E-state index contributed by atoms with van der Waals surface area (Å²) in [6.07, 6.45) is 4.93. The quantitative estimate of drug-likeness (QED) is 0.704. The van der Waals surface area contributed by atoms with Crippen molar-refractivity contribution in [3.8, 4) is 0 Å². The summed E-state index contributed by atoms with van der Waals surface area (Å²) in [7, 11) is 0. The number of nitrogens with zero attached hydrogens (tertiary/aromatic N) is 2. The molecule has 0 bridgehead atoms. The van der Waals surface area contributed by atoms with Crippen LogP contribution in [0.4, 0.5) is 5.69 Å². The Morgan fingerprint density at radius 2 is 1.85 bits per heavy atom. The molecule has 0 atom stereocenters. The monoisotopic (exact) mass is 178 g/mol. The molecule has 0 spiro atoms. The van der Waals surface area contributed by atoms with Gasteiger partial charge in [-0.3, -0.25) is 4.98 Å². The van der Waals surface area contributed by atoms with E-state index in [1.54, 1.807) is 0 Å². The van der Waals surface area contributed by atoms with E-state index in [9.17, 15) is 0 Å². The van der Waals surface area contributed by atoms with Crippen molar-refractivity contribution in [3.63, 3.8) is 0 Å². The first-order valence-corrected chi connectivity index (χ1v) is 5.00. The molecule has 0 aliphatic carbocycles. The van der Waals surface area contributed by atoms with E-state index in [0.29, 0.717) is 0 Å². The summed E-state index contributed by atoms with van der Waals surface area (Å²) >= 11 is 0. The predicted molar refractivity (Wildman–Crippen MR) is 57.2 cm³/mol. The molecule has 0 radical (unpaired) electrons. The minimum Gasteiger partial charge on any atom is -0.371 e. The smallest absolute Gasteiger partial charge is 0.0555 e. The second-order valence-corrected chi connectivity index (χ2v) is 3.08. The molecule has 0 amide bonds. The lowest BCUT2D eigenvalue weighted by molar-refractivity contribution is 0.859. The molecule has 0 aliphatic heterocycles. The van der Waals surface area contributed by atoms with Crippen LogP contribution in [0.5, 0.6) is 0 Å². The van der Waals surface area contributed by atoms with Gasteiger partial charge in [0.2, 0.25) is 0 Å². The van der Waals surface area contributed by atoms with E-state index in [4.69, 9.17) is 0 Å². The Labute approximate surface area is 80.6 Å². The Morgan fingerprint density at radius 1 is 1.15 bits per heavy atom. The molecule has 1 aromatic rings. The maximum absolute atomic E-state index is 4.23. The third kappa shape index (κ3) is 2.44. The molecule has 0 aromatic carbocycles. The zero-order chi connectivity index (χ0) is 9.68. The van der Waals surface area contributed by atoms with Crippen molar-refractivity contribution < 1.29 is 0 Å². The molecule has 72 valence electrons. The molecule has 0 N–H and O–H groups in total. The number of anilines is 1. The molecule has 1 rings (SSSR count). The molecule has 13 heavy (non-hydrogen) atoms. The molecular formula is C11H18N2. The van der Waals surface area contributed by atoms with E-state index in [2.05, 4.69) is 36.7 Å². The van der Waals surface area contributed by atoms with E-state index in [1.165, 1.54) is 11.3 Å². The fraction of sp³-hybridized carbons (Fsp3) is 0.545. The molecule has 1 aromatic heterocycles. The molecule has 0 saturated heterocycles. The maximum Gasteiger partial charge on any atom is 0.0555 e. The van der Waals surface area contributed by atoms with E-state index in [-0.39, 0.29) is 0 Å². The summed E-state index contributed by atoms with van der Waals surface area (Å²) in [6.45, 7) is 8.59. The van der Waals surface area contributed by atoms with Crippen LogP contribution in [-0.4, -0.2) is 18.1 Å². The lowest BCUT2D eigenvalue weighted by atomic mass is 10.2. The highest BCUT2D eigenvalue weighted by Crippen LogP contribution is 2.13. The zero-order valence-corrected chi connectivity index (χ0v) is 8.75. The van der Waals surface area contributed by atoms with Gasteiger partial charge in [-0.05, 0) is 31.9 Å². The van der Waals surface area contributed by atoms with Crippen molar-refractivity contribution in [3.05, 3.63) is 24.0 Å². The van der Waals surface area contributed by atoms with E-state index in [0.717, 1.165) is 19.5 Å². The third-order valence-electron chi connectivity index (χ3n) is 2.32. The molecule has 0 unspecified atom stereocenters. The average molecular weight is 178 g/mol. The Balaban J connectivity index is 2.86. The normalized spacial score (nSPS) is 10.1. The molecule has 2 nitrogen and oxygen atoms in total. The van der Waals surface area contributed by atoms with Crippen LogP contribution in [0.15, 0.2) is 18.5 Å². The number of aryl methyl sites for hydroxylation is 1. The van der Waals surface area contributed by atoms with Crippen LogP contribution in [0.3, 0.4) is 0 Å². The van der Waals surface area contributed by atoms with Gasteiger partial charge < -0.3 is 4.90 Å². The number of aromatic nitrogens is 1. The molecule has 2 heteroatoms. The lowest BCUT2D eigenvalue weighted by Gasteiger charge is -2.20. The van der Waals surface area contributed by atoms with Gasteiger partial charge in [-0.1, -0.05) is 6.92 Å². The summed E-state index contributed by atoms with van der Waals surface area (Å²) in [6, 6.07) is 2.22. The van der Waals surface area contributed by atoms with Crippen molar-refractivity contribution in [2.45, 2.75) is 27.2 Å². The zero-order valence-electron chi connectivity index (χ0n) is 8.75. The van der Waals surface area contributed by atoms with Gasteiger partial charge in [0.25, 0.3) is 0 Å². The van der Waals surface area contributed by atoms with Crippen molar-refractivity contribution in [2.75, 3.05) is 18.0 Å². The highest BCUT2D eigenvalue weighted by molar-refractivity contribution is 5.45. The van der Waals surface area contributed by atoms with Crippen LogP contribution < -0.4 is 4.90 Å². The third-order valence-corrected chi connectivity index (χ3v) is 2.32. The Morgan fingerprint density at radius 3 is 2.38 bits per heavy atom. The summed E-state index contributed by atoms with van der Waals surface area (Å²) in [5, 5.41) is 0. The number of rotatable bonds is 4. The first-order chi connectivity index (χ1) is 6.31. The highest BCUT2D eigenvalue weighted by Gasteiger charge is 2.01. The first kappa shape index (κ1) is 10.0. The maximum atomic E-state index is 4.23. The fourth-order valence-electron chi connectivity index (χ4n) is 1.43. The van der Waals surface area contributed by atoms with Crippen LogP contribution in [0.25, 0.3) is 0 Å². The second kappa shape index (κ2) is 4.85. The highest BCUT2D eigenvalue weighted by atomic mass is 15.1. The molecule has 1 heterocycles. The van der Waals surface area contributed by atoms with Crippen LogP contribution in [0.1, 0.15) is 26.3 Å². The number of hydrogen-bond acceptors (Lipinski definition) is 2. The Kier molecular flexibility index (Phi) is 3.74. The molecule has 0 saturated carbocycles. The molecule has 0 fully saturated rings. The SMILES string of the molecule is CCc1cncc(N(CC)CC)c1. The van der Waals surface area contributed by atoms with Gasteiger partial charge in [-0.2, -0.15) is 0 Å². The van der Waals surface area contributed by atoms with Crippen molar-refractivity contribution in [1.82, 2.24) is 4.98 Å². The Hall–Kier alpha value is -1.05. The lowest BCUT2D eigenvalue weighted by Crippen LogP contribution is -2.21. The van der Waals surface area contributed by atoms with Crippen LogP contribution in [0.2, 0.25) is 0 Å².